The van der Waals surface area contributed by atoms with Gasteiger partial charge >= 0.3 is 0 Å². The number of carbonyl (C=O) groups is 2. The summed E-state index contributed by atoms with van der Waals surface area (Å²) < 4.78 is 0. The van der Waals surface area contributed by atoms with E-state index in [9.17, 15) is 9.59 Å². The van der Waals surface area contributed by atoms with E-state index in [1.165, 1.54) is 0 Å². The Kier molecular flexibility index (Phi) is 6.73. The monoisotopic (exact) mass is 295 g/mol. The summed E-state index contributed by atoms with van der Waals surface area (Å²) in [6, 6.07) is 5.29. The van der Waals surface area contributed by atoms with Gasteiger partial charge in [0, 0.05) is 29.8 Å². The summed E-state index contributed by atoms with van der Waals surface area (Å²) in [5.74, 6) is -0.516. The van der Waals surface area contributed by atoms with E-state index >= 15 is 0 Å². The number of halogens is 1. The molecule has 1 aromatic carbocycles. The molecule has 5 nitrogen and oxygen atoms in total. The third-order valence-electron chi connectivity index (χ3n) is 2.58. The molecule has 0 aromatic heterocycles. The molecule has 20 heavy (non-hydrogen) atoms. The Morgan fingerprint density at radius 3 is 2.70 bits per heavy atom. The quantitative estimate of drug-likeness (QED) is 0.626. The normalized spacial score (nSPS) is 10.6. The second-order valence-corrected chi connectivity index (χ2v) is 4.62. The number of rotatable bonds is 6. The Morgan fingerprint density at radius 1 is 1.30 bits per heavy atom. The van der Waals surface area contributed by atoms with Crippen molar-refractivity contribution in [2.75, 3.05) is 5.32 Å². The van der Waals surface area contributed by atoms with E-state index in [4.69, 9.17) is 11.6 Å². The highest BCUT2D eigenvalue weighted by Gasteiger charge is 2.09. The van der Waals surface area contributed by atoms with E-state index in [1.54, 1.807) is 24.4 Å². The number of hydrazone groups is 1. The average molecular weight is 296 g/mol. The van der Waals surface area contributed by atoms with Gasteiger partial charge in [0.15, 0.2) is 0 Å². The van der Waals surface area contributed by atoms with Gasteiger partial charge in [0.05, 0.1) is 0 Å². The molecule has 0 aliphatic rings. The molecular weight excluding hydrogens is 278 g/mol. The number of hydrogen-bond acceptors (Lipinski definition) is 3. The number of nitrogens with zero attached hydrogens (tertiary/aromatic N) is 1. The van der Waals surface area contributed by atoms with Crippen molar-refractivity contribution in [2.24, 2.45) is 5.10 Å². The van der Waals surface area contributed by atoms with Crippen LogP contribution in [0.4, 0.5) is 5.69 Å². The van der Waals surface area contributed by atoms with E-state index in [-0.39, 0.29) is 24.7 Å². The molecule has 0 saturated heterocycles. The van der Waals surface area contributed by atoms with Gasteiger partial charge in [-0.3, -0.25) is 9.59 Å². The molecule has 1 aromatic rings. The molecule has 0 radical (unpaired) electrons. The van der Waals surface area contributed by atoms with Gasteiger partial charge in [-0.25, -0.2) is 5.43 Å². The van der Waals surface area contributed by atoms with Crippen molar-refractivity contribution in [3.63, 3.8) is 0 Å². The summed E-state index contributed by atoms with van der Waals surface area (Å²) in [4.78, 5) is 23.1. The van der Waals surface area contributed by atoms with Crippen molar-refractivity contribution >= 4 is 35.3 Å². The first-order chi connectivity index (χ1) is 9.54. The van der Waals surface area contributed by atoms with Crippen LogP contribution in [-0.2, 0) is 9.59 Å². The topological polar surface area (TPSA) is 70.6 Å². The second-order valence-electron chi connectivity index (χ2n) is 4.22. The Bertz CT molecular complexity index is 515. The molecule has 0 bridgehead atoms. The van der Waals surface area contributed by atoms with Gasteiger partial charge in [-0.1, -0.05) is 24.6 Å². The maximum Gasteiger partial charge on any atom is 0.240 e. The Balaban J connectivity index is 2.42. The highest BCUT2D eigenvalue weighted by Crippen LogP contribution is 2.22. The number of amides is 2. The van der Waals surface area contributed by atoms with Crippen molar-refractivity contribution in [1.29, 1.82) is 0 Å². The van der Waals surface area contributed by atoms with E-state index in [2.05, 4.69) is 15.8 Å². The first-order valence-electron chi connectivity index (χ1n) is 6.40. The summed E-state index contributed by atoms with van der Waals surface area (Å²) in [7, 11) is 0. The van der Waals surface area contributed by atoms with Gasteiger partial charge in [0.25, 0.3) is 0 Å². The van der Waals surface area contributed by atoms with Crippen molar-refractivity contribution in [1.82, 2.24) is 5.43 Å². The minimum absolute atomic E-state index is 0.0898. The molecule has 108 valence electrons. The molecule has 0 unspecified atom stereocenters. The lowest BCUT2D eigenvalue weighted by Crippen LogP contribution is -2.20. The fourth-order valence-corrected chi connectivity index (χ4v) is 1.62. The SMILES string of the molecule is CC/C=N\NC(=O)CCC(=O)Nc1cccc(Cl)c1C. The first kappa shape index (κ1) is 16.2. The Morgan fingerprint density at radius 2 is 2.00 bits per heavy atom. The minimum atomic E-state index is -0.285. The largest absolute Gasteiger partial charge is 0.326 e. The predicted molar refractivity (Wildman–Crippen MR) is 81.0 cm³/mol. The molecule has 0 aliphatic heterocycles. The van der Waals surface area contributed by atoms with Crippen LogP contribution in [0.2, 0.25) is 5.02 Å². The zero-order valence-electron chi connectivity index (χ0n) is 11.6. The van der Waals surface area contributed by atoms with Crippen molar-refractivity contribution in [3.8, 4) is 0 Å². The second kappa shape index (κ2) is 8.32. The molecule has 0 spiro atoms. The van der Waals surface area contributed by atoms with Gasteiger partial charge < -0.3 is 5.32 Å². The summed E-state index contributed by atoms with van der Waals surface area (Å²) in [5.41, 5.74) is 3.82. The average Bonchev–Trinajstić information content (AvgIpc) is 2.42. The molecule has 0 saturated carbocycles. The molecular formula is C14H18ClN3O2. The van der Waals surface area contributed by atoms with Gasteiger partial charge in [-0.2, -0.15) is 5.10 Å². The van der Waals surface area contributed by atoms with Crippen LogP contribution in [0, 0.1) is 6.92 Å². The highest BCUT2D eigenvalue weighted by molar-refractivity contribution is 6.31. The third kappa shape index (κ3) is 5.40. The zero-order valence-corrected chi connectivity index (χ0v) is 12.3. The number of hydrogen-bond donors (Lipinski definition) is 2. The van der Waals surface area contributed by atoms with Crippen molar-refractivity contribution < 1.29 is 9.59 Å². The van der Waals surface area contributed by atoms with Gasteiger partial charge in [0.1, 0.15) is 0 Å². The number of nitrogens with one attached hydrogen (secondary N) is 2. The van der Waals surface area contributed by atoms with Crippen LogP contribution in [0.15, 0.2) is 23.3 Å². The standard InChI is InChI=1S/C14H18ClN3O2/c1-3-9-16-18-14(20)8-7-13(19)17-12-6-4-5-11(15)10(12)2/h4-6,9H,3,7-8H2,1-2H3,(H,17,19)(H,18,20)/b16-9-. The van der Waals surface area contributed by atoms with E-state index < -0.39 is 0 Å². The number of carbonyl (C=O) groups excluding carboxylic acids is 2. The maximum atomic E-state index is 11.7. The molecule has 0 aliphatic carbocycles. The van der Waals surface area contributed by atoms with Crippen LogP contribution >= 0.6 is 11.6 Å². The van der Waals surface area contributed by atoms with Crippen LogP contribution in [0.1, 0.15) is 31.7 Å². The lowest BCUT2D eigenvalue weighted by molar-refractivity contribution is -0.124. The highest BCUT2D eigenvalue weighted by atomic mass is 35.5. The third-order valence-corrected chi connectivity index (χ3v) is 2.99. The molecule has 2 amide bonds. The predicted octanol–water partition coefficient (Wildman–Crippen LogP) is 2.88. The summed E-state index contributed by atoms with van der Waals surface area (Å²) in [5, 5.41) is 7.03. The van der Waals surface area contributed by atoms with Crippen LogP contribution in [0.3, 0.4) is 0 Å². The zero-order chi connectivity index (χ0) is 15.0. The van der Waals surface area contributed by atoms with Crippen LogP contribution in [0.25, 0.3) is 0 Å². The molecule has 0 heterocycles. The lowest BCUT2D eigenvalue weighted by atomic mass is 10.2. The van der Waals surface area contributed by atoms with Gasteiger partial charge in [-0.05, 0) is 31.0 Å². The van der Waals surface area contributed by atoms with Crippen molar-refractivity contribution in [3.05, 3.63) is 28.8 Å². The molecule has 1 rings (SSSR count). The number of benzene rings is 1. The number of anilines is 1. The van der Waals surface area contributed by atoms with Crippen LogP contribution < -0.4 is 10.7 Å². The van der Waals surface area contributed by atoms with E-state index in [0.29, 0.717) is 10.7 Å². The maximum absolute atomic E-state index is 11.7. The van der Waals surface area contributed by atoms with Gasteiger partial charge in [0.2, 0.25) is 11.8 Å². The summed E-state index contributed by atoms with van der Waals surface area (Å²) in [6.07, 6.45) is 2.52. The Hall–Kier alpha value is -1.88. The molecule has 2 N–H and O–H groups in total. The Labute approximate surface area is 123 Å². The first-order valence-corrected chi connectivity index (χ1v) is 6.77. The molecule has 0 atom stereocenters. The summed E-state index contributed by atoms with van der Waals surface area (Å²) >= 11 is 5.96. The molecule has 0 fully saturated rings. The van der Waals surface area contributed by atoms with E-state index in [1.807, 2.05) is 13.8 Å². The smallest absolute Gasteiger partial charge is 0.240 e. The minimum Gasteiger partial charge on any atom is -0.326 e. The lowest BCUT2D eigenvalue weighted by Gasteiger charge is -2.09. The van der Waals surface area contributed by atoms with Crippen LogP contribution in [-0.4, -0.2) is 18.0 Å². The molecule has 6 heteroatoms. The van der Waals surface area contributed by atoms with Crippen LogP contribution in [0.5, 0.6) is 0 Å². The van der Waals surface area contributed by atoms with Crippen molar-refractivity contribution in [2.45, 2.75) is 33.1 Å². The fraction of sp³-hybridized carbons (Fsp3) is 0.357. The van der Waals surface area contributed by atoms with E-state index in [0.717, 1.165) is 12.0 Å². The summed E-state index contributed by atoms with van der Waals surface area (Å²) in [6.45, 7) is 3.74. The van der Waals surface area contributed by atoms with Gasteiger partial charge in [-0.15, -0.1) is 0 Å². The fourth-order valence-electron chi connectivity index (χ4n) is 1.45.